The zero-order chi connectivity index (χ0) is 14.0. The van der Waals surface area contributed by atoms with Gasteiger partial charge in [0.2, 0.25) is 0 Å². The summed E-state index contributed by atoms with van der Waals surface area (Å²) in [6.45, 7) is 4.75. The monoisotopic (exact) mass is 304 g/mol. The van der Waals surface area contributed by atoms with Crippen LogP contribution in [0.15, 0.2) is 22.9 Å². The quantitative estimate of drug-likeness (QED) is 0.491. The van der Waals surface area contributed by atoms with Crippen molar-refractivity contribution in [3.8, 4) is 9.75 Å². The summed E-state index contributed by atoms with van der Waals surface area (Å²) in [4.78, 5) is 3.09. The molecule has 0 atom stereocenters. The van der Waals surface area contributed by atoms with Gasteiger partial charge in [0.25, 0.3) is 0 Å². The lowest BCUT2D eigenvalue weighted by Gasteiger charge is -2.25. The minimum absolute atomic E-state index is 0.287. The van der Waals surface area contributed by atoms with Crippen molar-refractivity contribution < 1.29 is 0 Å². The van der Waals surface area contributed by atoms with Gasteiger partial charge in [0.05, 0.1) is 0 Å². The third kappa shape index (κ3) is 2.37. The van der Waals surface area contributed by atoms with Gasteiger partial charge < -0.3 is 0 Å². The first-order chi connectivity index (χ1) is 9.77. The average Bonchev–Trinajstić information content (AvgIpc) is 3.12. The molecular formula is C18H24S2. The van der Waals surface area contributed by atoms with E-state index >= 15 is 0 Å². The summed E-state index contributed by atoms with van der Waals surface area (Å²) < 4.78 is 0. The number of hydrogen-bond acceptors (Lipinski definition) is 2. The van der Waals surface area contributed by atoms with Gasteiger partial charge in [0, 0.05) is 15.2 Å². The van der Waals surface area contributed by atoms with Crippen LogP contribution in [0, 0.1) is 0 Å². The van der Waals surface area contributed by atoms with Gasteiger partial charge in [-0.15, -0.1) is 22.7 Å². The van der Waals surface area contributed by atoms with Crippen molar-refractivity contribution >= 4 is 22.7 Å². The molecular weight excluding hydrogens is 280 g/mol. The minimum Gasteiger partial charge on any atom is -0.143 e. The lowest BCUT2D eigenvalue weighted by atomic mass is 9.77. The van der Waals surface area contributed by atoms with E-state index in [0.717, 1.165) is 0 Å². The molecule has 2 heteroatoms. The van der Waals surface area contributed by atoms with Crippen LogP contribution < -0.4 is 0 Å². The maximum absolute atomic E-state index is 2.46. The fourth-order valence-corrected chi connectivity index (χ4v) is 5.76. The van der Waals surface area contributed by atoms with Gasteiger partial charge in [0.1, 0.15) is 0 Å². The Morgan fingerprint density at radius 2 is 1.40 bits per heavy atom. The van der Waals surface area contributed by atoms with Gasteiger partial charge in [-0.2, -0.15) is 0 Å². The first-order valence-electron chi connectivity index (χ1n) is 7.93. The SMILES string of the molecule is CCCCCCCCC1(C)c2ccsc2-c2sccc21. The van der Waals surface area contributed by atoms with Crippen molar-refractivity contribution in [1.29, 1.82) is 0 Å². The highest BCUT2D eigenvalue weighted by Crippen LogP contribution is 2.55. The smallest absolute Gasteiger partial charge is 0.0486 e. The van der Waals surface area contributed by atoms with Crippen LogP contribution in [-0.4, -0.2) is 0 Å². The van der Waals surface area contributed by atoms with Crippen molar-refractivity contribution in [3.05, 3.63) is 34.0 Å². The summed E-state index contributed by atoms with van der Waals surface area (Å²) in [5.74, 6) is 0. The van der Waals surface area contributed by atoms with Crippen molar-refractivity contribution in [2.24, 2.45) is 0 Å². The summed E-state index contributed by atoms with van der Waals surface area (Å²) in [6.07, 6.45) is 9.65. The highest BCUT2D eigenvalue weighted by Gasteiger charge is 2.40. The van der Waals surface area contributed by atoms with E-state index in [-0.39, 0.29) is 5.41 Å². The fraction of sp³-hybridized carbons (Fsp3) is 0.556. The highest BCUT2D eigenvalue weighted by molar-refractivity contribution is 7.21. The molecule has 0 aromatic carbocycles. The molecule has 2 heterocycles. The molecule has 0 saturated heterocycles. The van der Waals surface area contributed by atoms with Gasteiger partial charge in [-0.25, -0.2) is 0 Å². The molecule has 0 aliphatic heterocycles. The number of rotatable bonds is 7. The van der Waals surface area contributed by atoms with Crippen LogP contribution in [0.1, 0.15) is 69.9 Å². The van der Waals surface area contributed by atoms with Crippen LogP contribution in [0.2, 0.25) is 0 Å². The summed E-state index contributed by atoms with van der Waals surface area (Å²) in [7, 11) is 0. The summed E-state index contributed by atoms with van der Waals surface area (Å²) in [6, 6.07) is 4.73. The molecule has 1 aliphatic rings. The van der Waals surface area contributed by atoms with Gasteiger partial charge in [-0.1, -0.05) is 52.4 Å². The molecule has 1 aliphatic carbocycles. The van der Waals surface area contributed by atoms with Crippen LogP contribution in [0.4, 0.5) is 0 Å². The number of thiophene rings is 2. The van der Waals surface area contributed by atoms with E-state index in [1.54, 1.807) is 20.9 Å². The lowest BCUT2D eigenvalue weighted by molar-refractivity contribution is 0.482. The Morgan fingerprint density at radius 3 is 2.00 bits per heavy atom. The fourth-order valence-electron chi connectivity index (χ4n) is 3.51. The Morgan fingerprint density at radius 1 is 0.850 bits per heavy atom. The zero-order valence-electron chi connectivity index (χ0n) is 12.6. The molecule has 0 N–H and O–H groups in total. The predicted octanol–water partition coefficient (Wildman–Crippen LogP) is 6.85. The second-order valence-corrected chi connectivity index (χ2v) is 8.01. The Bertz CT molecular complexity index is 521. The molecule has 20 heavy (non-hydrogen) atoms. The predicted molar refractivity (Wildman–Crippen MR) is 92.1 cm³/mol. The number of fused-ring (bicyclic) bond motifs is 3. The van der Waals surface area contributed by atoms with Crippen molar-refractivity contribution in [1.82, 2.24) is 0 Å². The van der Waals surface area contributed by atoms with E-state index in [1.165, 1.54) is 44.9 Å². The van der Waals surface area contributed by atoms with E-state index in [1.807, 2.05) is 22.7 Å². The molecule has 0 saturated carbocycles. The molecule has 3 rings (SSSR count). The molecule has 0 radical (unpaired) electrons. The lowest BCUT2D eigenvalue weighted by Crippen LogP contribution is -2.19. The average molecular weight is 305 g/mol. The standard InChI is InChI=1S/C18H24S2/c1-3-4-5-6-7-8-11-18(2)14-9-12-19-16(14)17-15(18)10-13-20-17/h9-10,12-13H,3-8,11H2,1-2H3. The van der Waals surface area contributed by atoms with Crippen LogP contribution in [0.3, 0.4) is 0 Å². The van der Waals surface area contributed by atoms with Gasteiger partial charge in [-0.3, -0.25) is 0 Å². The molecule has 0 bridgehead atoms. The highest BCUT2D eigenvalue weighted by atomic mass is 32.1. The zero-order valence-corrected chi connectivity index (χ0v) is 14.2. The molecule has 0 nitrogen and oxygen atoms in total. The molecule has 0 fully saturated rings. The van der Waals surface area contributed by atoms with Gasteiger partial charge in [-0.05, 0) is 40.4 Å². The van der Waals surface area contributed by atoms with E-state index < -0.39 is 0 Å². The molecule has 108 valence electrons. The topological polar surface area (TPSA) is 0 Å². The van der Waals surface area contributed by atoms with Crippen LogP contribution >= 0.6 is 22.7 Å². The Kier molecular flexibility index (Phi) is 4.32. The van der Waals surface area contributed by atoms with E-state index in [9.17, 15) is 0 Å². The van der Waals surface area contributed by atoms with Crippen LogP contribution in [0.5, 0.6) is 0 Å². The maximum Gasteiger partial charge on any atom is 0.0486 e. The van der Waals surface area contributed by atoms with Crippen LogP contribution in [0.25, 0.3) is 9.75 Å². The Labute approximate surface area is 130 Å². The molecule has 0 amide bonds. The van der Waals surface area contributed by atoms with E-state index in [0.29, 0.717) is 0 Å². The normalized spacial score (nSPS) is 15.3. The van der Waals surface area contributed by atoms with E-state index in [2.05, 4.69) is 36.7 Å². The molecule has 2 aromatic heterocycles. The molecule has 0 unspecified atom stereocenters. The van der Waals surface area contributed by atoms with Crippen molar-refractivity contribution in [2.75, 3.05) is 0 Å². The number of unbranched alkanes of at least 4 members (excludes halogenated alkanes) is 5. The molecule has 2 aromatic rings. The van der Waals surface area contributed by atoms with E-state index in [4.69, 9.17) is 0 Å². The third-order valence-corrected chi connectivity index (χ3v) is 6.75. The third-order valence-electron chi connectivity index (χ3n) is 4.76. The minimum atomic E-state index is 0.287. The first-order valence-corrected chi connectivity index (χ1v) is 9.69. The maximum atomic E-state index is 2.46. The number of hydrogen-bond donors (Lipinski definition) is 0. The van der Waals surface area contributed by atoms with Crippen LogP contribution in [-0.2, 0) is 5.41 Å². The van der Waals surface area contributed by atoms with Crippen molar-refractivity contribution in [3.63, 3.8) is 0 Å². The summed E-state index contributed by atoms with van der Waals surface area (Å²) in [5, 5.41) is 4.54. The second-order valence-electron chi connectivity index (χ2n) is 6.18. The second kappa shape index (κ2) is 6.03. The van der Waals surface area contributed by atoms with Crippen molar-refractivity contribution in [2.45, 2.75) is 64.2 Å². The van der Waals surface area contributed by atoms with Gasteiger partial charge in [0.15, 0.2) is 0 Å². The summed E-state index contributed by atoms with van der Waals surface area (Å²) >= 11 is 3.84. The Hall–Kier alpha value is -0.600. The largest absolute Gasteiger partial charge is 0.143 e. The molecule has 0 spiro atoms. The summed E-state index contributed by atoms with van der Waals surface area (Å²) in [5.41, 5.74) is 3.48. The van der Waals surface area contributed by atoms with Gasteiger partial charge >= 0.3 is 0 Å². The first kappa shape index (κ1) is 14.3. The Balaban J connectivity index is 1.67.